The first-order chi connectivity index (χ1) is 5.57. The maximum atomic E-state index is 9.12. The second-order valence-corrected chi connectivity index (χ2v) is 3.18. The first kappa shape index (κ1) is 11.4. The summed E-state index contributed by atoms with van der Waals surface area (Å²) in [6.07, 6.45) is 2.97. The van der Waals surface area contributed by atoms with Gasteiger partial charge in [-0.3, -0.25) is 0 Å². The predicted molar refractivity (Wildman–Crippen MR) is 50.9 cm³/mol. The molecule has 1 atom stereocenters. The molecule has 0 unspecified atom stereocenters. The van der Waals surface area contributed by atoms with Crippen molar-refractivity contribution in [1.29, 1.82) is 0 Å². The van der Waals surface area contributed by atoms with Crippen LogP contribution in [0.25, 0.3) is 0 Å². The van der Waals surface area contributed by atoms with Gasteiger partial charge < -0.3 is 10.2 Å². The summed E-state index contributed by atoms with van der Waals surface area (Å²) in [5.41, 5.74) is 1.97. The Balaban J connectivity index is 3.65. The highest BCUT2D eigenvalue weighted by Gasteiger charge is 2.04. The first-order valence-corrected chi connectivity index (χ1v) is 4.18. The first-order valence-electron chi connectivity index (χ1n) is 4.18. The van der Waals surface area contributed by atoms with Gasteiger partial charge in [0.25, 0.3) is 0 Å². The summed E-state index contributed by atoms with van der Waals surface area (Å²) in [6, 6.07) is 0. The standard InChI is InChI=1S/C10H18O2/c1-8(2)5-4-6-9(3)10(12)7-11/h5,10-12H,3-4,6-7H2,1-2H3/t10-/m0/s1. The minimum atomic E-state index is -0.754. The van der Waals surface area contributed by atoms with E-state index in [4.69, 9.17) is 10.2 Å². The van der Waals surface area contributed by atoms with Gasteiger partial charge in [-0.05, 0) is 32.3 Å². The molecule has 0 aromatic heterocycles. The molecule has 0 aliphatic heterocycles. The molecular formula is C10H18O2. The topological polar surface area (TPSA) is 40.5 Å². The van der Waals surface area contributed by atoms with Crippen molar-refractivity contribution in [3.63, 3.8) is 0 Å². The van der Waals surface area contributed by atoms with Crippen LogP contribution in [-0.4, -0.2) is 22.9 Å². The highest BCUT2D eigenvalue weighted by molar-refractivity contribution is 5.04. The van der Waals surface area contributed by atoms with Gasteiger partial charge in [-0.1, -0.05) is 18.2 Å². The van der Waals surface area contributed by atoms with Gasteiger partial charge in [0.15, 0.2) is 0 Å². The summed E-state index contributed by atoms with van der Waals surface area (Å²) in [6.45, 7) is 7.52. The lowest BCUT2D eigenvalue weighted by Gasteiger charge is -2.09. The van der Waals surface area contributed by atoms with Crippen molar-refractivity contribution in [1.82, 2.24) is 0 Å². The van der Waals surface area contributed by atoms with E-state index in [9.17, 15) is 0 Å². The second-order valence-electron chi connectivity index (χ2n) is 3.18. The summed E-state index contributed by atoms with van der Waals surface area (Å²) in [5, 5.41) is 17.7. The fourth-order valence-corrected chi connectivity index (χ4v) is 0.842. The van der Waals surface area contributed by atoms with Crippen LogP contribution in [0.1, 0.15) is 26.7 Å². The van der Waals surface area contributed by atoms with Crippen LogP contribution in [0.15, 0.2) is 23.8 Å². The summed E-state index contributed by atoms with van der Waals surface area (Å²) >= 11 is 0. The van der Waals surface area contributed by atoms with Crippen LogP contribution in [0.5, 0.6) is 0 Å². The van der Waals surface area contributed by atoms with Crippen LogP contribution in [0.2, 0.25) is 0 Å². The predicted octanol–water partition coefficient (Wildman–Crippen LogP) is 1.64. The fraction of sp³-hybridized carbons (Fsp3) is 0.600. The van der Waals surface area contributed by atoms with Gasteiger partial charge in [0.05, 0.1) is 12.7 Å². The van der Waals surface area contributed by atoms with Crippen LogP contribution in [-0.2, 0) is 0 Å². The SMILES string of the molecule is C=C(CCC=C(C)C)[C@@H](O)CO. The Morgan fingerprint density at radius 2 is 2.08 bits per heavy atom. The molecule has 0 rings (SSSR count). The van der Waals surface area contributed by atoms with Gasteiger partial charge in [-0.15, -0.1) is 0 Å². The molecule has 0 saturated heterocycles. The molecule has 0 bridgehead atoms. The van der Waals surface area contributed by atoms with Gasteiger partial charge in [0, 0.05) is 0 Å². The van der Waals surface area contributed by atoms with E-state index in [1.807, 2.05) is 13.8 Å². The quantitative estimate of drug-likeness (QED) is 0.616. The van der Waals surface area contributed by atoms with Crippen molar-refractivity contribution in [2.75, 3.05) is 6.61 Å². The second kappa shape index (κ2) is 5.98. The molecule has 0 saturated carbocycles. The molecule has 0 radical (unpaired) electrons. The molecule has 0 heterocycles. The number of aliphatic hydroxyl groups is 2. The van der Waals surface area contributed by atoms with Crippen molar-refractivity contribution in [3.8, 4) is 0 Å². The summed E-state index contributed by atoms with van der Waals surface area (Å²) < 4.78 is 0. The van der Waals surface area contributed by atoms with Gasteiger partial charge in [-0.2, -0.15) is 0 Å². The molecule has 12 heavy (non-hydrogen) atoms. The molecule has 0 amide bonds. The number of hydrogen-bond acceptors (Lipinski definition) is 2. The van der Waals surface area contributed by atoms with E-state index in [-0.39, 0.29) is 6.61 Å². The lowest BCUT2D eigenvalue weighted by atomic mass is 10.1. The molecule has 0 fully saturated rings. The number of rotatable bonds is 5. The minimum Gasteiger partial charge on any atom is -0.393 e. The van der Waals surface area contributed by atoms with Crippen molar-refractivity contribution >= 4 is 0 Å². The minimum absolute atomic E-state index is 0.229. The highest BCUT2D eigenvalue weighted by atomic mass is 16.3. The number of aliphatic hydroxyl groups excluding tert-OH is 2. The third kappa shape index (κ3) is 5.10. The maximum absolute atomic E-state index is 9.12. The monoisotopic (exact) mass is 170 g/mol. The number of hydrogen-bond donors (Lipinski definition) is 2. The lowest BCUT2D eigenvalue weighted by molar-refractivity contribution is 0.120. The Kier molecular flexibility index (Phi) is 5.68. The fourth-order valence-electron chi connectivity index (χ4n) is 0.842. The van der Waals surface area contributed by atoms with Crippen molar-refractivity contribution in [2.45, 2.75) is 32.8 Å². The molecule has 2 nitrogen and oxygen atoms in total. The van der Waals surface area contributed by atoms with Crippen molar-refractivity contribution < 1.29 is 10.2 Å². The van der Waals surface area contributed by atoms with E-state index in [1.54, 1.807) is 0 Å². The molecule has 0 aliphatic rings. The molecule has 0 aromatic rings. The van der Waals surface area contributed by atoms with Crippen LogP contribution < -0.4 is 0 Å². The summed E-state index contributed by atoms with van der Waals surface area (Å²) in [4.78, 5) is 0. The van der Waals surface area contributed by atoms with E-state index in [0.29, 0.717) is 5.57 Å². The molecule has 0 aliphatic carbocycles. The Morgan fingerprint density at radius 1 is 1.50 bits per heavy atom. The summed E-state index contributed by atoms with van der Waals surface area (Å²) in [7, 11) is 0. The van der Waals surface area contributed by atoms with E-state index in [2.05, 4.69) is 12.7 Å². The molecule has 0 aromatic carbocycles. The molecule has 0 spiro atoms. The van der Waals surface area contributed by atoms with E-state index in [0.717, 1.165) is 12.8 Å². The van der Waals surface area contributed by atoms with Crippen LogP contribution in [0.3, 0.4) is 0 Å². The van der Waals surface area contributed by atoms with E-state index >= 15 is 0 Å². The van der Waals surface area contributed by atoms with Gasteiger partial charge in [0.2, 0.25) is 0 Å². The molecule has 70 valence electrons. The highest BCUT2D eigenvalue weighted by Crippen LogP contribution is 2.08. The Bertz CT molecular complexity index is 167. The lowest BCUT2D eigenvalue weighted by Crippen LogP contribution is -2.14. The zero-order valence-corrected chi connectivity index (χ0v) is 7.88. The normalized spacial score (nSPS) is 12.3. The van der Waals surface area contributed by atoms with Crippen LogP contribution in [0, 0.1) is 0 Å². The van der Waals surface area contributed by atoms with Crippen LogP contribution in [0.4, 0.5) is 0 Å². The molecule has 2 heteroatoms. The molecular weight excluding hydrogens is 152 g/mol. The average Bonchev–Trinajstić information content (AvgIpc) is 2.02. The zero-order chi connectivity index (χ0) is 9.56. The third-order valence-electron chi connectivity index (χ3n) is 1.66. The van der Waals surface area contributed by atoms with E-state index in [1.165, 1.54) is 5.57 Å². The zero-order valence-electron chi connectivity index (χ0n) is 7.88. The largest absolute Gasteiger partial charge is 0.393 e. The smallest absolute Gasteiger partial charge is 0.0978 e. The summed E-state index contributed by atoms with van der Waals surface area (Å²) in [5.74, 6) is 0. The number of allylic oxidation sites excluding steroid dienone is 2. The van der Waals surface area contributed by atoms with Gasteiger partial charge in [-0.25, -0.2) is 0 Å². The van der Waals surface area contributed by atoms with Crippen molar-refractivity contribution in [3.05, 3.63) is 23.8 Å². The van der Waals surface area contributed by atoms with Gasteiger partial charge in [0.1, 0.15) is 0 Å². The Labute approximate surface area is 74.2 Å². The molecule has 2 N–H and O–H groups in total. The van der Waals surface area contributed by atoms with Crippen molar-refractivity contribution in [2.24, 2.45) is 0 Å². The maximum Gasteiger partial charge on any atom is 0.0978 e. The average molecular weight is 170 g/mol. The van der Waals surface area contributed by atoms with E-state index < -0.39 is 6.10 Å². The third-order valence-corrected chi connectivity index (χ3v) is 1.66. The Morgan fingerprint density at radius 3 is 2.50 bits per heavy atom. The van der Waals surface area contributed by atoms with Crippen LogP contribution >= 0.6 is 0 Å². The Hall–Kier alpha value is -0.600. The van der Waals surface area contributed by atoms with Gasteiger partial charge >= 0.3 is 0 Å².